The summed E-state index contributed by atoms with van der Waals surface area (Å²) in [5, 5.41) is 24.3. The molecule has 2 atom stereocenters. The molecule has 0 saturated carbocycles. The van der Waals surface area contributed by atoms with E-state index < -0.39 is 30.1 Å². The average Bonchev–Trinajstić information content (AvgIpc) is 3.14. The molecular weight excluding hydrogens is 406 g/mol. The summed E-state index contributed by atoms with van der Waals surface area (Å²) in [6.07, 6.45) is -1.72. The lowest BCUT2D eigenvalue weighted by Gasteiger charge is -2.38. The Morgan fingerprint density at radius 2 is 1.90 bits per heavy atom. The lowest BCUT2D eigenvalue weighted by Crippen LogP contribution is -2.60. The van der Waals surface area contributed by atoms with Crippen LogP contribution in [0.3, 0.4) is 0 Å². The second kappa shape index (κ2) is 8.47. The van der Waals surface area contributed by atoms with E-state index in [1.807, 2.05) is 30.3 Å². The van der Waals surface area contributed by atoms with Crippen molar-refractivity contribution in [2.45, 2.75) is 24.7 Å². The summed E-state index contributed by atoms with van der Waals surface area (Å²) in [6.45, 7) is 0.370. The number of H-pyrrole nitrogens is 1. The zero-order chi connectivity index (χ0) is 21.3. The number of carbonyl (C=O) groups is 2. The topological polar surface area (TPSA) is 106 Å². The number of hydrogen-bond donors (Lipinski definition) is 4. The van der Waals surface area contributed by atoms with Crippen molar-refractivity contribution in [2.75, 3.05) is 13.1 Å². The molecule has 7 nitrogen and oxygen atoms in total. The number of aliphatic hydroxyl groups is 2. The van der Waals surface area contributed by atoms with Crippen molar-refractivity contribution in [3.05, 3.63) is 70.9 Å². The lowest BCUT2D eigenvalue weighted by atomic mass is 9.98. The average molecular weight is 428 g/mol. The summed E-state index contributed by atoms with van der Waals surface area (Å²) >= 11 is 6.01. The molecule has 1 unspecified atom stereocenters. The van der Waals surface area contributed by atoms with Gasteiger partial charge in [-0.25, -0.2) is 0 Å². The van der Waals surface area contributed by atoms with E-state index in [0.29, 0.717) is 10.7 Å². The fourth-order valence-corrected chi connectivity index (χ4v) is 3.76. The number of amides is 2. The van der Waals surface area contributed by atoms with Gasteiger partial charge in [-0.3, -0.25) is 9.59 Å². The van der Waals surface area contributed by atoms with Crippen LogP contribution < -0.4 is 5.32 Å². The van der Waals surface area contributed by atoms with E-state index in [1.54, 1.807) is 24.3 Å². The van der Waals surface area contributed by atoms with Gasteiger partial charge < -0.3 is 25.4 Å². The van der Waals surface area contributed by atoms with E-state index in [0.717, 1.165) is 16.5 Å². The molecule has 8 heteroatoms. The summed E-state index contributed by atoms with van der Waals surface area (Å²) in [4.78, 5) is 29.9. The van der Waals surface area contributed by atoms with E-state index in [1.165, 1.54) is 4.90 Å². The van der Waals surface area contributed by atoms with Gasteiger partial charge in [-0.05, 0) is 36.2 Å². The number of hydrogen-bond acceptors (Lipinski definition) is 4. The molecule has 30 heavy (non-hydrogen) atoms. The summed E-state index contributed by atoms with van der Waals surface area (Å²) < 4.78 is 0. The molecule has 2 heterocycles. The van der Waals surface area contributed by atoms with Crippen LogP contribution in [0.5, 0.6) is 0 Å². The van der Waals surface area contributed by atoms with Crippen LogP contribution in [0.15, 0.2) is 54.6 Å². The smallest absolute Gasteiger partial charge is 0.268 e. The highest BCUT2D eigenvalue weighted by atomic mass is 35.5. The molecule has 3 aromatic rings. The number of rotatable bonds is 6. The van der Waals surface area contributed by atoms with Crippen LogP contribution in [0.4, 0.5) is 0 Å². The number of nitrogens with one attached hydrogen (secondary N) is 2. The minimum atomic E-state index is -1.43. The number of aliphatic hydroxyl groups excluding tert-OH is 2. The third kappa shape index (κ3) is 4.33. The number of halogens is 1. The number of carbonyl (C=O) groups excluding carboxylic acids is 2. The zero-order valence-electron chi connectivity index (χ0n) is 16.1. The molecular formula is C22H22ClN3O4. The van der Waals surface area contributed by atoms with E-state index in [2.05, 4.69) is 10.3 Å². The number of aromatic nitrogens is 1. The van der Waals surface area contributed by atoms with Gasteiger partial charge >= 0.3 is 0 Å². The Morgan fingerprint density at radius 1 is 1.17 bits per heavy atom. The third-order valence-corrected chi connectivity index (χ3v) is 5.49. The molecule has 2 amide bonds. The summed E-state index contributed by atoms with van der Waals surface area (Å²) in [5.41, 5.74) is 1.95. The third-order valence-electron chi connectivity index (χ3n) is 5.25. The number of likely N-dealkylation sites (tertiary alicyclic amines) is 1. The van der Waals surface area contributed by atoms with Crippen LogP contribution in [-0.2, 0) is 11.2 Å². The van der Waals surface area contributed by atoms with Crippen LogP contribution in [0.2, 0.25) is 5.02 Å². The quantitative estimate of drug-likeness (QED) is 0.480. The Hall–Kier alpha value is -2.87. The van der Waals surface area contributed by atoms with Gasteiger partial charge in [-0.1, -0.05) is 41.9 Å². The second-order valence-electron chi connectivity index (χ2n) is 7.53. The van der Waals surface area contributed by atoms with Gasteiger partial charge in [0.2, 0.25) is 0 Å². The lowest BCUT2D eigenvalue weighted by molar-refractivity contribution is -0.151. The Kier molecular flexibility index (Phi) is 5.76. The maximum atomic E-state index is 12.9. The van der Waals surface area contributed by atoms with Gasteiger partial charge in [0, 0.05) is 29.0 Å². The Balaban J connectivity index is 1.54. The molecule has 4 rings (SSSR count). The van der Waals surface area contributed by atoms with Crippen molar-refractivity contribution in [1.29, 1.82) is 0 Å². The molecule has 0 radical (unpaired) electrons. The molecule has 0 aliphatic carbocycles. The second-order valence-corrected chi connectivity index (χ2v) is 7.96. The molecule has 1 aliphatic heterocycles. The molecule has 0 spiro atoms. The number of nitrogens with zero attached hydrogens (tertiary/aromatic N) is 1. The Bertz CT molecular complexity index is 1060. The van der Waals surface area contributed by atoms with Crippen LogP contribution in [-0.4, -0.2) is 63.3 Å². The predicted molar refractivity (Wildman–Crippen MR) is 113 cm³/mol. The van der Waals surface area contributed by atoms with E-state index >= 15 is 0 Å². The Labute approximate surface area is 178 Å². The number of aromatic amines is 1. The fraction of sp³-hybridized carbons (Fsp3) is 0.273. The van der Waals surface area contributed by atoms with Crippen molar-refractivity contribution in [1.82, 2.24) is 15.2 Å². The predicted octanol–water partition coefficient (Wildman–Crippen LogP) is 1.73. The highest BCUT2D eigenvalue weighted by Crippen LogP contribution is 2.20. The maximum Gasteiger partial charge on any atom is 0.268 e. The molecule has 2 aromatic carbocycles. The van der Waals surface area contributed by atoms with Gasteiger partial charge in [0.25, 0.3) is 11.8 Å². The van der Waals surface area contributed by atoms with E-state index in [-0.39, 0.29) is 19.5 Å². The van der Waals surface area contributed by atoms with Gasteiger partial charge in [0.1, 0.15) is 5.69 Å². The molecule has 1 aromatic heterocycles. The van der Waals surface area contributed by atoms with Crippen molar-refractivity contribution < 1.29 is 19.8 Å². The first kappa shape index (κ1) is 20.4. The standard InChI is InChI=1S/C22H22ClN3O4/c23-15-6-7-17-14(9-15)10-19(24-17)21(29)25-18(8-13-4-2-1-3-5-13)20(28)22(30)26-11-16(27)12-26/h1-7,9-10,16,18,20,24,27-28H,8,11-12H2,(H,25,29)/t18-,20?/m0/s1. The summed E-state index contributed by atoms with van der Waals surface area (Å²) in [6, 6.07) is 15.4. The molecule has 1 fully saturated rings. The summed E-state index contributed by atoms with van der Waals surface area (Å²) in [5.74, 6) is -0.941. The van der Waals surface area contributed by atoms with Crippen molar-refractivity contribution >= 4 is 34.3 Å². The highest BCUT2D eigenvalue weighted by molar-refractivity contribution is 6.31. The van der Waals surface area contributed by atoms with E-state index in [4.69, 9.17) is 11.6 Å². The molecule has 156 valence electrons. The van der Waals surface area contributed by atoms with Crippen molar-refractivity contribution in [3.8, 4) is 0 Å². The van der Waals surface area contributed by atoms with Crippen LogP contribution >= 0.6 is 11.6 Å². The maximum absolute atomic E-state index is 12.9. The SMILES string of the molecule is O=C(N[C@@H](Cc1ccccc1)C(O)C(=O)N1CC(O)C1)c1cc2cc(Cl)ccc2[nH]1. The monoisotopic (exact) mass is 427 g/mol. The minimum Gasteiger partial charge on any atom is -0.389 e. The molecule has 0 bridgehead atoms. The van der Waals surface area contributed by atoms with Gasteiger partial charge in [0.15, 0.2) is 6.10 Å². The van der Waals surface area contributed by atoms with E-state index in [9.17, 15) is 19.8 Å². The first-order valence-corrected chi connectivity index (χ1v) is 10.1. The largest absolute Gasteiger partial charge is 0.389 e. The first-order chi connectivity index (χ1) is 14.4. The zero-order valence-corrected chi connectivity index (χ0v) is 16.8. The van der Waals surface area contributed by atoms with Gasteiger partial charge in [-0.2, -0.15) is 0 Å². The molecule has 4 N–H and O–H groups in total. The normalized spacial score (nSPS) is 16.2. The number of fused-ring (bicyclic) bond motifs is 1. The number of β-amino-alcohol motifs (C(OH)–C–C–N with tert-alkyl or cyclic N) is 1. The highest BCUT2D eigenvalue weighted by Gasteiger charge is 2.37. The fourth-order valence-electron chi connectivity index (χ4n) is 3.58. The summed E-state index contributed by atoms with van der Waals surface area (Å²) in [7, 11) is 0. The van der Waals surface area contributed by atoms with Crippen LogP contribution in [0, 0.1) is 0 Å². The minimum absolute atomic E-state index is 0.185. The number of benzene rings is 2. The first-order valence-electron chi connectivity index (χ1n) is 9.68. The van der Waals surface area contributed by atoms with Gasteiger partial charge in [-0.15, -0.1) is 0 Å². The molecule has 1 aliphatic rings. The Morgan fingerprint density at radius 3 is 2.60 bits per heavy atom. The van der Waals surface area contributed by atoms with Crippen LogP contribution in [0.1, 0.15) is 16.1 Å². The van der Waals surface area contributed by atoms with Crippen molar-refractivity contribution in [2.24, 2.45) is 0 Å². The van der Waals surface area contributed by atoms with Crippen LogP contribution in [0.25, 0.3) is 10.9 Å². The molecule has 1 saturated heterocycles. The van der Waals surface area contributed by atoms with Crippen molar-refractivity contribution in [3.63, 3.8) is 0 Å². The van der Waals surface area contributed by atoms with Gasteiger partial charge in [0.05, 0.1) is 12.1 Å².